The molecule has 18 heavy (non-hydrogen) atoms. The first-order chi connectivity index (χ1) is 8.75. The Labute approximate surface area is 111 Å². The Kier molecular flexibility index (Phi) is 3.55. The molecule has 2 fully saturated rings. The van der Waals surface area contributed by atoms with Crippen molar-refractivity contribution < 1.29 is 9.13 Å². The van der Waals surface area contributed by atoms with Gasteiger partial charge in [0, 0.05) is 35.7 Å². The highest BCUT2D eigenvalue weighted by atomic mass is 35.5. The van der Waals surface area contributed by atoms with Crippen molar-refractivity contribution in [3.63, 3.8) is 0 Å². The van der Waals surface area contributed by atoms with E-state index in [0.29, 0.717) is 29.2 Å². The van der Waals surface area contributed by atoms with Gasteiger partial charge in [0.2, 0.25) is 0 Å². The summed E-state index contributed by atoms with van der Waals surface area (Å²) in [7, 11) is 0. The molecule has 0 aromatic heterocycles. The average Bonchev–Trinajstić information content (AvgIpc) is 3.06. The number of nitrogens with one attached hydrogen (secondary N) is 1. The van der Waals surface area contributed by atoms with Gasteiger partial charge >= 0.3 is 0 Å². The number of hydrogen-bond acceptors (Lipinski definition) is 2. The summed E-state index contributed by atoms with van der Waals surface area (Å²) < 4.78 is 19.6. The molecular weight excluding hydrogens is 253 g/mol. The van der Waals surface area contributed by atoms with Crippen molar-refractivity contribution in [1.29, 1.82) is 0 Å². The fourth-order valence-electron chi connectivity index (χ4n) is 2.55. The van der Waals surface area contributed by atoms with Gasteiger partial charge in [-0.05, 0) is 31.4 Å². The van der Waals surface area contributed by atoms with Crippen LogP contribution in [0.1, 0.15) is 30.9 Å². The van der Waals surface area contributed by atoms with Crippen LogP contribution in [0.5, 0.6) is 0 Å². The van der Waals surface area contributed by atoms with E-state index in [9.17, 15) is 4.39 Å². The molecule has 1 heterocycles. The molecule has 1 aromatic rings. The van der Waals surface area contributed by atoms with Crippen LogP contribution >= 0.6 is 11.6 Å². The van der Waals surface area contributed by atoms with E-state index in [2.05, 4.69) is 5.32 Å². The first-order valence-electron chi connectivity index (χ1n) is 6.54. The molecule has 1 aliphatic heterocycles. The number of rotatable bonds is 4. The second-order valence-electron chi connectivity index (χ2n) is 5.16. The SMILES string of the molecule is Fc1cccc(Cl)c1C1OCCC1CNC1CC1. The lowest BCUT2D eigenvalue weighted by Gasteiger charge is -2.20. The number of ether oxygens (including phenoxy) is 1. The van der Waals surface area contributed by atoms with Crippen LogP contribution in [0, 0.1) is 11.7 Å². The van der Waals surface area contributed by atoms with Gasteiger partial charge in [-0.3, -0.25) is 0 Å². The maximum Gasteiger partial charge on any atom is 0.130 e. The first kappa shape index (κ1) is 12.4. The summed E-state index contributed by atoms with van der Waals surface area (Å²) in [5.41, 5.74) is 0.527. The van der Waals surface area contributed by atoms with E-state index >= 15 is 0 Å². The predicted molar refractivity (Wildman–Crippen MR) is 69.2 cm³/mol. The largest absolute Gasteiger partial charge is 0.373 e. The highest BCUT2D eigenvalue weighted by Crippen LogP contribution is 2.39. The molecule has 0 spiro atoms. The van der Waals surface area contributed by atoms with Crippen LogP contribution in [-0.2, 0) is 4.74 Å². The van der Waals surface area contributed by atoms with Crippen molar-refractivity contribution in [3.05, 3.63) is 34.6 Å². The zero-order chi connectivity index (χ0) is 12.5. The molecular formula is C14H17ClFNO. The fourth-order valence-corrected chi connectivity index (χ4v) is 2.82. The number of benzene rings is 1. The Morgan fingerprint density at radius 3 is 2.89 bits per heavy atom. The third kappa shape index (κ3) is 2.53. The van der Waals surface area contributed by atoms with Crippen LogP contribution in [0.3, 0.4) is 0 Å². The highest BCUT2D eigenvalue weighted by Gasteiger charge is 2.34. The molecule has 3 rings (SSSR count). The van der Waals surface area contributed by atoms with Crippen molar-refractivity contribution in [2.45, 2.75) is 31.4 Å². The molecule has 0 radical (unpaired) electrons. The highest BCUT2D eigenvalue weighted by molar-refractivity contribution is 6.31. The minimum atomic E-state index is -0.258. The molecule has 1 saturated heterocycles. The van der Waals surface area contributed by atoms with E-state index < -0.39 is 0 Å². The van der Waals surface area contributed by atoms with E-state index in [-0.39, 0.29) is 11.9 Å². The van der Waals surface area contributed by atoms with E-state index in [1.54, 1.807) is 12.1 Å². The quantitative estimate of drug-likeness (QED) is 0.906. The van der Waals surface area contributed by atoms with Gasteiger partial charge in [0.05, 0.1) is 6.10 Å². The van der Waals surface area contributed by atoms with Crippen molar-refractivity contribution in [3.8, 4) is 0 Å². The van der Waals surface area contributed by atoms with Gasteiger partial charge in [-0.25, -0.2) is 4.39 Å². The average molecular weight is 270 g/mol. The monoisotopic (exact) mass is 269 g/mol. The minimum absolute atomic E-state index is 0.204. The van der Waals surface area contributed by atoms with Crippen LogP contribution in [0.15, 0.2) is 18.2 Å². The lowest BCUT2D eigenvalue weighted by molar-refractivity contribution is 0.0875. The van der Waals surface area contributed by atoms with Crippen LogP contribution in [0.2, 0.25) is 5.02 Å². The molecule has 1 aliphatic carbocycles. The Bertz CT molecular complexity index is 416. The van der Waals surface area contributed by atoms with Crippen molar-refractivity contribution in [2.75, 3.05) is 13.2 Å². The smallest absolute Gasteiger partial charge is 0.130 e. The number of halogens is 2. The Balaban J connectivity index is 1.76. The lowest BCUT2D eigenvalue weighted by atomic mass is 9.95. The van der Waals surface area contributed by atoms with Crippen LogP contribution in [-0.4, -0.2) is 19.2 Å². The molecule has 0 amide bonds. The predicted octanol–water partition coefficient (Wildman–Crippen LogP) is 3.31. The maximum atomic E-state index is 13.9. The summed E-state index contributed by atoms with van der Waals surface area (Å²) in [6.07, 6.45) is 3.29. The number of hydrogen-bond donors (Lipinski definition) is 1. The third-order valence-corrected chi connectivity index (χ3v) is 4.07. The van der Waals surface area contributed by atoms with Gasteiger partial charge in [0.1, 0.15) is 5.82 Å². The summed E-state index contributed by atoms with van der Waals surface area (Å²) in [6, 6.07) is 5.48. The molecule has 2 aliphatic rings. The summed E-state index contributed by atoms with van der Waals surface area (Å²) in [5, 5.41) is 3.96. The van der Waals surface area contributed by atoms with Gasteiger partial charge in [0.15, 0.2) is 0 Å². The van der Waals surface area contributed by atoms with E-state index in [0.717, 1.165) is 13.0 Å². The zero-order valence-corrected chi connectivity index (χ0v) is 10.9. The third-order valence-electron chi connectivity index (χ3n) is 3.74. The molecule has 2 atom stereocenters. The van der Waals surface area contributed by atoms with Crippen LogP contribution < -0.4 is 5.32 Å². The minimum Gasteiger partial charge on any atom is -0.373 e. The topological polar surface area (TPSA) is 21.3 Å². The first-order valence-corrected chi connectivity index (χ1v) is 6.92. The molecule has 1 aromatic carbocycles. The molecule has 2 nitrogen and oxygen atoms in total. The Hall–Kier alpha value is -0.640. The van der Waals surface area contributed by atoms with E-state index in [1.807, 2.05) is 0 Å². The second-order valence-corrected chi connectivity index (χ2v) is 5.57. The van der Waals surface area contributed by atoms with Gasteiger partial charge in [-0.1, -0.05) is 17.7 Å². The lowest BCUT2D eigenvalue weighted by Crippen LogP contribution is -2.27. The van der Waals surface area contributed by atoms with Crippen molar-refractivity contribution >= 4 is 11.6 Å². The summed E-state index contributed by atoms with van der Waals surface area (Å²) in [4.78, 5) is 0. The molecule has 1 saturated carbocycles. The van der Waals surface area contributed by atoms with E-state index in [1.165, 1.54) is 18.9 Å². The maximum absolute atomic E-state index is 13.9. The van der Waals surface area contributed by atoms with Crippen LogP contribution in [0.25, 0.3) is 0 Å². The van der Waals surface area contributed by atoms with E-state index in [4.69, 9.17) is 16.3 Å². The molecule has 4 heteroatoms. The van der Waals surface area contributed by atoms with Gasteiger partial charge in [-0.15, -0.1) is 0 Å². The Morgan fingerprint density at radius 1 is 1.33 bits per heavy atom. The fraction of sp³-hybridized carbons (Fsp3) is 0.571. The van der Waals surface area contributed by atoms with Gasteiger partial charge < -0.3 is 10.1 Å². The molecule has 2 unspecified atom stereocenters. The van der Waals surface area contributed by atoms with Gasteiger partial charge in [0.25, 0.3) is 0 Å². The Morgan fingerprint density at radius 2 is 2.17 bits per heavy atom. The summed E-state index contributed by atoms with van der Waals surface area (Å²) >= 11 is 6.11. The van der Waals surface area contributed by atoms with Crippen LogP contribution in [0.4, 0.5) is 4.39 Å². The van der Waals surface area contributed by atoms with Crippen molar-refractivity contribution in [1.82, 2.24) is 5.32 Å². The summed E-state index contributed by atoms with van der Waals surface area (Å²) in [5.74, 6) is 0.0609. The standard InChI is InChI=1S/C14H17ClFNO/c15-11-2-1-3-12(16)13(11)14-9(6-7-18-14)8-17-10-4-5-10/h1-3,9-10,14,17H,4-8H2. The molecule has 0 bridgehead atoms. The second kappa shape index (κ2) is 5.16. The molecule has 98 valence electrons. The molecule has 1 N–H and O–H groups in total. The van der Waals surface area contributed by atoms with Gasteiger partial charge in [-0.2, -0.15) is 0 Å². The zero-order valence-electron chi connectivity index (χ0n) is 10.2. The summed E-state index contributed by atoms with van der Waals surface area (Å²) in [6.45, 7) is 1.58. The normalized spacial score (nSPS) is 27.7. The van der Waals surface area contributed by atoms with Crippen molar-refractivity contribution in [2.24, 2.45) is 5.92 Å².